The van der Waals surface area contributed by atoms with Gasteiger partial charge < -0.3 is 14.8 Å². The highest BCUT2D eigenvalue weighted by Crippen LogP contribution is 2.28. The molecule has 0 fully saturated rings. The van der Waals surface area contributed by atoms with Gasteiger partial charge in [0.05, 0.1) is 29.9 Å². The van der Waals surface area contributed by atoms with Crippen LogP contribution in [-0.2, 0) is 4.79 Å². The Balaban J connectivity index is 1.70. The number of hydrogen-bond donors (Lipinski definition) is 1. The molecule has 0 atom stereocenters. The van der Waals surface area contributed by atoms with Crippen LogP contribution in [0.3, 0.4) is 0 Å². The second kappa shape index (κ2) is 7.32. The van der Waals surface area contributed by atoms with Crippen molar-refractivity contribution < 1.29 is 14.3 Å². The van der Waals surface area contributed by atoms with Gasteiger partial charge in [0.15, 0.2) is 18.1 Å². The van der Waals surface area contributed by atoms with Crippen molar-refractivity contribution in [1.82, 2.24) is 4.98 Å². The molecule has 3 rings (SSSR count). The van der Waals surface area contributed by atoms with Crippen LogP contribution in [0.1, 0.15) is 5.56 Å². The van der Waals surface area contributed by atoms with E-state index in [1.807, 2.05) is 36.4 Å². The third-order valence-electron chi connectivity index (χ3n) is 3.57. The summed E-state index contributed by atoms with van der Waals surface area (Å²) in [4.78, 5) is 16.5. The Bertz CT molecular complexity index is 958. The summed E-state index contributed by atoms with van der Waals surface area (Å²) in [7, 11) is 1.48. The van der Waals surface area contributed by atoms with E-state index >= 15 is 0 Å². The zero-order valence-electron chi connectivity index (χ0n) is 13.5. The van der Waals surface area contributed by atoms with Crippen LogP contribution in [0.25, 0.3) is 10.9 Å². The molecule has 25 heavy (non-hydrogen) atoms. The largest absolute Gasteiger partial charge is 0.493 e. The van der Waals surface area contributed by atoms with Crippen molar-refractivity contribution in [2.24, 2.45) is 0 Å². The van der Waals surface area contributed by atoms with Gasteiger partial charge in [-0.25, -0.2) is 0 Å². The van der Waals surface area contributed by atoms with E-state index in [4.69, 9.17) is 14.7 Å². The first-order valence-electron chi connectivity index (χ1n) is 7.56. The Morgan fingerprint density at radius 1 is 1.20 bits per heavy atom. The van der Waals surface area contributed by atoms with Gasteiger partial charge in [0.2, 0.25) is 0 Å². The zero-order chi connectivity index (χ0) is 17.6. The molecule has 0 saturated carbocycles. The summed E-state index contributed by atoms with van der Waals surface area (Å²) < 4.78 is 10.7. The van der Waals surface area contributed by atoms with Crippen LogP contribution in [0.5, 0.6) is 11.5 Å². The molecular weight excluding hydrogens is 318 g/mol. The molecule has 2 aromatic carbocycles. The fraction of sp³-hybridized carbons (Fsp3) is 0.105. The highest BCUT2D eigenvalue weighted by Gasteiger charge is 2.10. The van der Waals surface area contributed by atoms with Crippen LogP contribution in [-0.4, -0.2) is 24.6 Å². The van der Waals surface area contributed by atoms with E-state index in [2.05, 4.69) is 10.3 Å². The third kappa shape index (κ3) is 3.67. The van der Waals surface area contributed by atoms with E-state index in [1.54, 1.807) is 24.4 Å². The molecule has 6 heteroatoms. The van der Waals surface area contributed by atoms with Crippen molar-refractivity contribution in [3.63, 3.8) is 0 Å². The van der Waals surface area contributed by atoms with E-state index in [9.17, 15) is 4.79 Å². The number of methoxy groups -OCH3 is 1. The molecule has 1 heterocycles. The number of carbonyl (C=O) groups excluding carboxylic acids is 1. The Morgan fingerprint density at radius 2 is 2.08 bits per heavy atom. The number of nitrogens with zero attached hydrogens (tertiary/aromatic N) is 2. The molecule has 0 aliphatic rings. The fourth-order valence-electron chi connectivity index (χ4n) is 2.40. The van der Waals surface area contributed by atoms with Gasteiger partial charge >= 0.3 is 0 Å². The molecule has 3 aromatic rings. The SMILES string of the molecule is COc1cc(C#N)ccc1OCC(=O)Nc1cccc2ncccc12. The van der Waals surface area contributed by atoms with E-state index in [-0.39, 0.29) is 12.5 Å². The second-order valence-corrected chi connectivity index (χ2v) is 5.19. The number of nitrogens with one attached hydrogen (secondary N) is 1. The number of ether oxygens (including phenoxy) is 2. The first-order valence-corrected chi connectivity index (χ1v) is 7.56. The third-order valence-corrected chi connectivity index (χ3v) is 3.57. The highest BCUT2D eigenvalue weighted by atomic mass is 16.5. The number of benzene rings is 2. The van der Waals surface area contributed by atoms with E-state index < -0.39 is 0 Å². The van der Waals surface area contributed by atoms with Gasteiger partial charge in [-0.15, -0.1) is 0 Å². The van der Waals surface area contributed by atoms with Crippen molar-refractivity contribution in [3.05, 3.63) is 60.3 Å². The summed E-state index contributed by atoms with van der Waals surface area (Å²) >= 11 is 0. The number of fused-ring (bicyclic) bond motifs is 1. The van der Waals surface area contributed by atoms with Gasteiger partial charge in [-0.1, -0.05) is 6.07 Å². The maximum absolute atomic E-state index is 12.2. The molecule has 0 spiro atoms. The van der Waals surface area contributed by atoms with Gasteiger partial charge in [-0.05, 0) is 36.4 Å². The highest BCUT2D eigenvalue weighted by molar-refractivity contribution is 6.01. The van der Waals surface area contributed by atoms with Crippen LogP contribution in [0.4, 0.5) is 5.69 Å². The lowest BCUT2D eigenvalue weighted by Gasteiger charge is -2.12. The average molecular weight is 333 g/mol. The van der Waals surface area contributed by atoms with Crippen LogP contribution >= 0.6 is 0 Å². The van der Waals surface area contributed by atoms with E-state index in [0.29, 0.717) is 22.7 Å². The molecule has 6 nitrogen and oxygen atoms in total. The first-order chi connectivity index (χ1) is 12.2. The zero-order valence-corrected chi connectivity index (χ0v) is 13.5. The number of anilines is 1. The molecule has 1 N–H and O–H groups in total. The molecular formula is C19H15N3O3. The van der Waals surface area contributed by atoms with Gasteiger partial charge in [-0.2, -0.15) is 5.26 Å². The fourth-order valence-corrected chi connectivity index (χ4v) is 2.40. The van der Waals surface area contributed by atoms with Crippen LogP contribution < -0.4 is 14.8 Å². The lowest BCUT2D eigenvalue weighted by atomic mass is 10.2. The van der Waals surface area contributed by atoms with Gasteiger partial charge in [0.25, 0.3) is 5.91 Å². The number of nitriles is 1. The summed E-state index contributed by atoms with van der Waals surface area (Å²) in [5, 5.41) is 12.6. The van der Waals surface area contributed by atoms with Crippen molar-refractivity contribution >= 4 is 22.5 Å². The molecule has 0 bridgehead atoms. The smallest absolute Gasteiger partial charge is 0.262 e. The quantitative estimate of drug-likeness (QED) is 0.775. The maximum Gasteiger partial charge on any atom is 0.262 e. The topological polar surface area (TPSA) is 84.2 Å². The molecule has 0 radical (unpaired) electrons. The lowest BCUT2D eigenvalue weighted by Crippen LogP contribution is -2.20. The minimum Gasteiger partial charge on any atom is -0.493 e. The molecule has 1 amide bonds. The molecule has 124 valence electrons. The predicted molar refractivity (Wildman–Crippen MR) is 93.6 cm³/mol. The van der Waals surface area contributed by atoms with Crippen LogP contribution in [0.15, 0.2) is 54.7 Å². The van der Waals surface area contributed by atoms with Crippen molar-refractivity contribution in [2.75, 3.05) is 19.0 Å². The van der Waals surface area contributed by atoms with Crippen LogP contribution in [0, 0.1) is 11.3 Å². The van der Waals surface area contributed by atoms with Crippen molar-refractivity contribution in [3.8, 4) is 17.6 Å². The number of rotatable bonds is 5. The Morgan fingerprint density at radius 3 is 2.88 bits per heavy atom. The van der Waals surface area contributed by atoms with Gasteiger partial charge in [0, 0.05) is 17.6 Å². The average Bonchev–Trinajstić information content (AvgIpc) is 2.66. The van der Waals surface area contributed by atoms with Crippen LogP contribution in [0.2, 0.25) is 0 Å². The lowest BCUT2D eigenvalue weighted by molar-refractivity contribution is -0.118. The Hall–Kier alpha value is -3.59. The summed E-state index contributed by atoms with van der Waals surface area (Å²) in [6.45, 7) is -0.182. The van der Waals surface area contributed by atoms with E-state index in [1.165, 1.54) is 7.11 Å². The van der Waals surface area contributed by atoms with Gasteiger partial charge in [-0.3, -0.25) is 9.78 Å². The normalized spacial score (nSPS) is 10.1. The number of aromatic nitrogens is 1. The number of hydrogen-bond acceptors (Lipinski definition) is 5. The summed E-state index contributed by atoms with van der Waals surface area (Å²) in [5.74, 6) is 0.500. The standard InChI is InChI=1S/C19H15N3O3/c1-24-18-10-13(11-20)7-8-17(18)25-12-19(23)22-16-6-2-5-15-14(16)4-3-9-21-15/h2-10H,12H2,1H3,(H,22,23). The summed E-state index contributed by atoms with van der Waals surface area (Å²) in [6.07, 6.45) is 1.70. The number of amides is 1. The second-order valence-electron chi connectivity index (χ2n) is 5.19. The molecule has 0 aliphatic heterocycles. The van der Waals surface area contributed by atoms with Gasteiger partial charge in [0.1, 0.15) is 0 Å². The van der Waals surface area contributed by atoms with Crippen molar-refractivity contribution in [2.45, 2.75) is 0 Å². The number of pyridine rings is 1. The molecule has 0 aliphatic carbocycles. The molecule has 0 unspecified atom stereocenters. The Labute approximate surface area is 144 Å². The monoisotopic (exact) mass is 333 g/mol. The predicted octanol–water partition coefficient (Wildman–Crippen LogP) is 3.13. The van der Waals surface area contributed by atoms with Crippen molar-refractivity contribution in [1.29, 1.82) is 5.26 Å². The minimum atomic E-state index is -0.303. The Kier molecular flexibility index (Phi) is 4.77. The number of carbonyl (C=O) groups is 1. The summed E-state index contributed by atoms with van der Waals surface area (Å²) in [6, 6.07) is 16.0. The molecule has 1 aromatic heterocycles. The first kappa shape index (κ1) is 16.3. The summed E-state index contributed by atoms with van der Waals surface area (Å²) in [5.41, 5.74) is 1.93. The maximum atomic E-state index is 12.2. The van der Waals surface area contributed by atoms with E-state index in [0.717, 1.165) is 10.9 Å². The molecule has 0 saturated heterocycles. The minimum absolute atomic E-state index is 0.182.